The molecule has 1 N–H and O–H groups in total. The highest BCUT2D eigenvalue weighted by atomic mass is 16.1. The zero-order valence-corrected chi connectivity index (χ0v) is 11.2. The van der Waals surface area contributed by atoms with Crippen LogP contribution in [-0.4, -0.2) is 5.91 Å². The average molecular weight is 233 g/mol. The maximum absolute atomic E-state index is 11.2. The number of unbranched alkanes of at least 4 members (excludes halogenated alkanes) is 1. The molecule has 1 aromatic rings. The first-order valence-corrected chi connectivity index (χ1v) is 6.56. The Morgan fingerprint density at radius 1 is 1.18 bits per heavy atom. The lowest BCUT2D eigenvalue weighted by Gasteiger charge is -2.06. The van der Waals surface area contributed by atoms with Crippen molar-refractivity contribution in [1.82, 2.24) is 0 Å². The number of aryl methyl sites for hydroxylation is 2. The highest BCUT2D eigenvalue weighted by Gasteiger charge is 2.11. The molecule has 2 heteroatoms. The molecule has 1 aromatic carbocycles. The topological polar surface area (TPSA) is 29.1 Å². The number of hydrogen-bond acceptors (Lipinski definition) is 1. The van der Waals surface area contributed by atoms with Gasteiger partial charge in [0.25, 0.3) is 0 Å². The monoisotopic (exact) mass is 233 g/mol. The van der Waals surface area contributed by atoms with Gasteiger partial charge >= 0.3 is 0 Å². The van der Waals surface area contributed by atoms with Gasteiger partial charge in [-0.2, -0.15) is 0 Å². The summed E-state index contributed by atoms with van der Waals surface area (Å²) in [4.78, 5) is 11.2. The maximum atomic E-state index is 11.2. The minimum Gasteiger partial charge on any atom is -0.326 e. The van der Waals surface area contributed by atoms with Crippen molar-refractivity contribution < 1.29 is 4.79 Å². The quantitative estimate of drug-likeness (QED) is 0.778. The van der Waals surface area contributed by atoms with Gasteiger partial charge in [-0.05, 0) is 37.0 Å². The van der Waals surface area contributed by atoms with Crippen LogP contribution in [0.2, 0.25) is 0 Å². The van der Waals surface area contributed by atoms with Gasteiger partial charge in [0.15, 0.2) is 0 Å². The number of amides is 1. The van der Waals surface area contributed by atoms with E-state index in [4.69, 9.17) is 0 Å². The van der Waals surface area contributed by atoms with Gasteiger partial charge in [-0.1, -0.05) is 38.8 Å². The van der Waals surface area contributed by atoms with E-state index in [1.54, 1.807) is 0 Å². The van der Waals surface area contributed by atoms with Gasteiger partial charge in [0.1, 0.15) is 0 Å². The van der Waals surface area contributed by atoms with Crippen LogP contribution in [0.25, 0.3) is 0 Å². The largest absolute Gasteiger partial charge is 0.326 e. The fraction of sp³-hybridized carbons (Fsp3) is 0.533. The Morgan fingerprint density at radius 2 is 1.88 bits per heavy atom. The van der Waals surface area contributed by atoms with E-state index in [9.17, 15) is 4.79 Å². The first-order valence-electron chi connectivity index (χ1n) is 6.56. The van der Waals surface area contributed by atoms with Crippen LogP contribution in [0.3, 0.4) is 0 Å². The maximum Gasteiger partial charge on any atom is 0.224 e. The van der Waals surface area contributed by atoms with Crippen molar-refractivity contribution in [3.8, 4) is 0 Å². The van der Waals surface area contributed by atoms with E-state index >= 15 is 0 Å². The lowest BCUT2D eigenvalue weighted by atomic mass is 10.1. The van der Waals surface area contributed by atoms with Gasteiger partial charge < -0.3 is 5.32 Å². The molecule has 2 rings (SSSR count). The van der Waals surface area contributed by atoms with Gasteiger partial charge in [0.05, 0.1) is 0 Å². The zero-order chi connectivity index (χ0) is 12.7. The lowest BCUT2D eigenvalue weighted by molar-refractivity contribution is -0.116. The van der Waals surface area contributed by atoms with E-state index in [0.717, 1.165) is 18.5 Å². The highest BCUT2D eigenvalue weighted by Crippen LogP contribution is 2.22. The summed E-state index contributed by atoms with van der Waals surface area (Å²) >= 11 is 0. The summed E-state index contributed by atoms with van der Waals surface area (Å²) in [6, 6.07) is 6.24. The van der Waals surface area contributed by atoms with E-state index in [2.05, 4.69) is 31.3 Å². The zero-order valence-electron chi connectivity index (χ0n) is 11.2. The second-order valence-corrected chi connectivity index (χ2v) is 4.56. The number of carbonyl (C=O) groups excluding carboxylic acids is 1. The molecule has 1 heterocycles. The van der Waals surface area contributed by atoms with Crippen LogP contribution in [0.5, 0.6) is 0 Å². The first-order chi connectivity index (χ1) is 8.17. The van der Waals surface area contributed by atoms with Crippen LogP contribution in [0.15, 0.2) is 18.2 Å². The molecule has 0 aromatic heterocycles. The molecule has 1 amide bonds. The molecule has 0 saturated carbocycles. The summed E-state index contributed by atoms with van der Waals surface area (Å²) in [5.41, 5.74) is 3.46. The second kappa shape index (κ2) is 7.10. The Bertz CT molecular complexity index is 369. The Morgan fingerprint density at radius 3 is 2.53 bits per heavy atom. The van der Waals surface area contributed by atoms with Gasteiger partial charge in [-0.25, -0.2) is 0 Å². The smallest absolute Gasteiger partial charge is 0.224 e. The second-order valence-electron chi connectivity index (χ2n) is 4.56. The molecule has 1 aliphatic heterocycles. The first kappa shape index (κ1) is 13.8. The van der Waals surface area contributed by atoms with E-state index in [1.165, 1.54) is 24.0 Å². The molecule has 94 valence electrons. The normalized spacial score (nSPS) is 13.9. The van der Waals surface area contributed by atoms with E-state index < -0.39 is 0 Å². The molecule has 0 fully saturated rings. The van der Waals surface area contributed by atoms with Crippen molar-refractivity contribution in [2.24, 2.45) is 0 Å². The van der Waals surface area contributed by atoms with Gasteiger partial charge in [0, 0.05) is 12.1 Å². The molecule has 0 aliphatic carbocycles. The Kier molecular flexibility index (Phi) is 5.75. The Balaban J connectivity index is 0.000000317. The van der Waals surface area contributed by atoms with Crippen molar-refractivity contribution in [2.45, 2.75) is 52.9 Å². The van der Waals surface area contributed by atoms with Crippen molar-refractivity contribution in [2.75, 3.05) is 5.32 Å². The lowest BCUT2D eigenvalue weighted by Crippen LogP contribution is -2.09. The summed E-state index contributed by atoms with van der Waals surface area (Å²) in [5.74, 6) is 0.143. The number of rotatable bonds is 1. The van der Waals surface area contributed by atoms with Crippen molar-refractivity contribution in [1.29, 1.82) is 0 Å². The van der Waals surface area contributed by atoms with Crippen LogP contribution in [0.4, 0.5) is 5.69 Å². The summed E-state index contributed by atoms with van der Waals surface area (Å²) in [5, 5.41) is 2.92. The number of fused-ring (bicyclic) bond motifs is 1. The molecule has 0 unspecified atom stereocenters. The van der Waals surface area contributed by atoms with Crippen LogP contribution in [0, 0.1) is 6.92 Å². The predicted molar refractivity (Wildman–Crippen MR) is 73.3 cm³/mol. The number of anilines is 1. The molecule has 0 radical (unpaired) electrons. The molecule has 2 nitrogen and oxygen atoms in total. The summed E-state index contributed by atoms with van der Waals surface area (Å²) in [6.45, 7) is 6.40. The Labute approximate surface area is 104 Å². The number of benzene rings is 1. The minimum absolute atomic E-state index is 0.143. The van der Waals surface area contributed by atoms with Gasteiger partial charge in [0.2, 0.25) is 5.91 Å². The molecular weight excluding hydrogens is 210 g/mol. The van der Waals surface area contributed by atoms with Gasteiger partial charge in [-0.3, -0.25) is 4.79 Å². The van der Waals surface area contributed by atoms with Crippen LogP contribution in [-0.2, 0) is 11.2 Å². The van der Waals surface area contributed by atoms with Crippen molar-refractivity contribution >= 4 is 11.6 Å². The minimum atomic E-state index is 0.143. The summed E-state index contributed by atoms with van der Waals surface area (Å²) < 4.78 is 0. The Hall–Kier alpha value is -1.31. The number of nitrogens with one attached hydrogen (secondary N) is 1. The van der Waals surface area contributed by atoms with Crippen molar-refractivity contribution in [3.63, 3.8) is 0 Å². The van der Waals surface area contributed by atoms with E-state index in [1.807, 2.05) is 13.0 Å². The number of carbonyl (C=O) groups is 1. The fourth-order valence-electron chi connectivity index (χ4n) is 1.68. The van der Waals surface area contributed by atoms with Crippen LogP contribution in [0.1, 0.15) is 50.7 Å². The van der Waals surface area contributed by atoms with Crippen LogP contribution < -0.4 is 5.32 Å². The fourth-order valence-corrected chi connectivity index (χ4v) is 1.68. The van der Waals surface area contributed by atoms with Gasteiger partial charge in [-0.15, -0.1) is 0 Å². The van der Waals surface area contributed by atoms with Crippen LogP contribution >= 0.6 is 0 Å². The molecule has 0 saturated heterocycles. The molecule has 1 aliphatic rings. The average Bonchev–Trinajstić information content (AvgIpc) is 2.49. The molecule has 0 atom stereocenters. The molecule has 0 bridgehead atoms. The summed E-state index contributed by atoms with van der Waals surface area (Å²) in [7, 11) is 0. The molecule has 0 spiro atoms. The third-order valence-corrected chi connectivity index (χ3v) is 2.89. The third-order valence-electron chi connectivity index (χ3n) is 2.89. The number of hydrogen-bond donors (Lipinski definition) is 1. The van der Waals surface area contributed by atoms with E-state index in [0.29, 0.717) is 6.42 Å². The molecule has 17 heavy (non-hydrogen) atoms. The standard InChI is InChI=1S/C11H13NO.C4H10/c1-8-5-6-9-3-2-4-11(13)12-10(9)7-8;1-3-4-2/h5-7H,2-4H2,1H3,(H,12,13);3-4H2,1-2H3. The predicted octanol–water partition coefficient (Wildman–Crippen LogP) is 4.08. The SMILES string of the molecule is CCCC.Cc1ccc2c(c1)NC(=O)CCC2. The highest BCUT2D eigenvalue weighted by molar-refractivity contribution is 5.92. The summed E-state index contributed by atoms with van der Waals surface area (Å²) in [6.07, 6.45) is 5.25. The van der Waals surface area contributed by atoms with E-state index in [-0.39, 0.29) is 5.91 Å². The molecular formula is C15H23NO. The van der Waals surface area contributed by atoms with Crippen molar-refractivity contribution in [3.05, 3.63) is 29.3 Å². The third kappa shape index (κ3) is 4.59.